The molecule has 1 heterocycles. The summed E-state index contributed by atoms with van der Waals surface area (Å²) in [5, 5.41) is 14.5. The second kappa shape index (κ2) is 6.16. The molecule has 0 aliphatic rings. The summed E-state index contributed by atoms with van der Waals surface area (Å²) in [5.41, 5.74) is 2.92. The molecule has 0 spiro atoms. The number of nitrogens with zero attached hydrogens (tertiary/aromatic N) is 1. The van der Waals surface area contributed by atoms with E-state index in [0.29, 0.717) is 6.42 Å². The molecule has 0 fully saturated rings. The van der Waals surface area contributed by atoms with Gasteiger partial charge in [0.1, 0.15) is 0 Å². The Morgan fingerprint density at radius 3 is 3.05 bits per heavy atom. The maximum absolute atomic E-state index is 10.5. The average molecular weight is 341 g/mol. The van der Waals surface area contributed by atoms with Crippen LogP contribution in [-0.4, -0.2) is 16.1 Å². The maximum Gasteiger partial charge on any atom is 0.303 e. The third kappa shape index (κ3) is 4.04. The zero-order valence-electron chi connectivity index (χ0n) is 10.3. The van der Waals surface area contributed by atoms with Crippen molar-refractivity contribution in [3.8, 4) is 0 Å². The lowest BCUT2D eigenvalue weighted by Crippen LogP contribution is -1.98. The van der Waals surface area contributed by atoms with Gasteiger partial charge in [0.25, 0.3) is 0 Å². The van der Waals surface area contributed by atoms with Crippen LogP contribution >= 0.6 is 27.3 Å². The first kappa shape index (κ1) is 14.0. The van der Waals surface area contributed by atoms with Crippen LogP contribution in [0.1, 0.15) is 17.7 Å². The number of nitrogens with one attached hydrogen (secondary N) is 1. The fourth-order valence-corrected chi connectivity index (χ4v) is 2.67. The molecule has 0 saturated carbocycles. The monoisotopic (exact) mass is 340 g/mol. The smallest absolute Gasteiger partial charge is 0.303 e. The Balaban J connectivity index is 2.07. The summed E-state index contributed by atoms with van der Waals surface area (Å²) < 4.78 is 0.973. The number of thiazole rings is 1. The molecule has 0 unspecified atom stereocenters. The third-order valence-corrected chi connectivity index (χ3v) is 4.01. The van der Waals surface area contributed by atoms with Gasteiger partial charge in [-0.15, -0.1) is 11.3 Å². The van der Waals surface area contributed by atoms with E-state index in [1.165, 1.54) is 11.3 Å². The van der Waals surface area contributed by atoms with Gasteiger partial charge >= 0.3 is 5.97 Å². The van der Waals surface area contributed by atoms with Crippen molar-refractivity contribution in [2.24, 2.45) is 0 Å². The van der Waals surface area contributed by atoms with Crippen LogP contribution in [0.15, 0.2) is 28.1 Å². The summed E-state index contributed by atoms with van der Waals surface area (Å²) in [6, 6.07) is 6.04. The van der Waals surface area contributed by atoms with Gasteiger partial charge in [-0.3, -0.25) is 4.79 Å². The van der Waals surface area contributed by atoms with Gasteiger partial charge in [-0.05, 0) is 40.5 Å². The summed E-state index contributed by atoms with van der Waals surface area (Å²) >= 11 is 4.96. The number of aromatic nitrogens is 1. The molecule has 2 rings (SSSR count). The van der Waals surface area contributed by atoms with Crippen molar-refractivity contribution < 1.29 is 9.90 Å². The predicted octanol–water partition coefficient (Wildman–Crippen LogP) is 3.97. The summed E-state index contributed by atoms with van der Waals surface area (Å²) in [7, 11) is 0. The Labute approximate surface area is 123 Å². The Bertz CT molecular complexity index is 598. The first-order valence-electron chi connectivity index (χ1n) is 5.74. The molecule has 19 heavy (non-hydrogen) atoms. The third-order valence-electron chi connectivity index (χ3n) is 2.51. The molecular formula is C13H13BrN2O2S. The number of carboxylic acids is 1. The standard InChI is InChI=1S/C13H13BrN2O2S/c1-8-2-4-10(14)11(6-8)16-13-15-9(7-19-13)3-5-12(17)18/h2,4,6-7H,3,5H2,1H3,(H,15,16)(H,17,18). The Kier molecular flexibility index (Phi) is 4.55. The van der Waals surface area contributed by atoms with E-state index >= 15 is 0 Å². The lowest BCUT2D eigenvalue weighted by Gasteiger charge is -2.06. The van der Waals surface area contributed by atoms with E-state index in [1.54, 1.807) is 0 Å². The van der Waals surface area contributed by atoms with Crippen LogP contribution < -0.4 is 5.32 Å². The molecule has 1 aromatic carbocycles. The number of hydrogen-bond donors (Lipinski definition) is 2. The highest BCUT2D eigenvalue weighted by Gasteiger charge is 2.06. The minimum absolute atomic E-state index is 0.108. The number of aryl methyl sites for hydroxylation is 2. The van der Waals surface area contributed by atoms with Crippen LogP contribution in [0.5, 0.6) is 0 Å². The molecule has 0 radical (unpaired) electrons. The average Bonchev–Trinajstić information content (AvgIpc) is 2.79. The summed E-state index contributed by atoms with van der Waals surface area (Å²) in [6.07, 6.45) is 0.569. The number of halogens is 1. The van der Waals surface area contributed by atoms with E-state index in [9.17, 15) is 4.79 Å². The van der Waals surface area contributed by atoms with Crippen LogP contribution in [0.25, 0.3) is 0 Å². The van der Waals surface area contributed by atoms with Crippen LogP contribution in [0.2, 0.25) is 0 Å². The Morgan fingerprint density at radius 1 is 1.53 bits per heavy atom. The number of anilines is 2. The summed E-state index contributed by atoms with van der Waals surface area (Å²) in [6.45, 7) is 2.03. The number of carbonyl (C=O) groups is 1. The minimum Gasteiger partial charge on any atom is -0.481 e. The number of aliphatic carboxylic acids is 1. The van der Waals surface area contributed by atoms with E-state index < -0.39 is 5.97 Å². The van der Waals surface area contributed by atoms with Crippen molar-refractivity contribution in [1.82, 2.24) is 4.98 Å². The number of carboxylic acid groups (broad SMARTS) is 1. The molecule has 0 bridgehead atoms. The van der Waals surface area contributed by atoms with Gasteiger partial charge in [0.2, 0.25) is 0 Å². The van der Waals surface area contributed by atoms with Crippen molar-refractivity contribution in [2.75, 3.05) is 5.32 Å². The molecule has 2 aromatic rings. The van der Waals surface area contributed by atoms with Gasteiger partial charge in [0, 0.05) is 16.3 Å². The zero-order chi connectivity index (χ0) is 13.8. The van der Waals surface area contributed by atoms with Crippen molar-refractivity contribution in [3.63, 3.8) is 0 Å². The van der Waals surface area contributed by atoms with E-state index in [0.717, 1.165) is 26.5 Å². The maximum atomic E-state index is 10.5. The molecule has 100 valence electrons. The summed E-state index contributed by atoms with van der Waals surface area (Å²) in [4.78, 5) is 14.9. The highest BCUT2D eigenvalue weighted by Crippen LogP contribution is 2.28. The topological polar surface area (TPSA) is 62.2 Å². The van der Waals surface area contributed by atoms with Crippen LogP contribution in [0.3, 0.4) is 0 Å². The molecule has 0 atom stereocenters. The SMILES string of the molecule is Cc1ccc(Br)c(Nc2nc(CCC(=O)O)cs2)c1. The van der Waals surface area contributed by atoms with Crippen molar-refractivity contribution in [2.45, 2.75) is 19.8 Å². The predicted molar refractivity (Wildman–Crippen MR) is 80.2 cm³/mol. The lowest BCUT2D eigenvalue weighted by molar-refractivity contribution is -0.136. The molecule has 0 amide bonds. The largest absolute Gasteiger partial charge is 0.481 e. The van der Waals surface area contributed by atoms with Crippen LogP contribution in [0.4, 0.5) is 10.8 Å². The Hall–Kier alpha value is -1.40. The number of benzene rings is 1. The first-order chi connectivity index (χ1) is 9.04. The Morgan fingerprint density at radius 2 is 2.32 bits per heavy atom. The number of rotatable bonds is 5. The van der Waals surface area contributed by atoms with Gasteiger partial charge < -0.3 is 10.4 Å². The van der Waals surface area contributed by atoms with Crippen molar-refractivity contribution >= 4 is 44.1 Å². The van der Waals surface area contributed by atoms with E-state index in [1.807, 2.05) is 30.5 Å². The van der Waals surface area contributed by atoms with Crippen LogP contribution in [0, 0.1) is 6.92 Å². The van der Waals surface area contributed by atoms with Gasteiger partial charge in [-0.1, -0.05) is 6.07 Å². The zero-order valence-corrected chi connectivity index (χ0v) is 12.7. The molecule has 4 nitrogen and oxygen atoms in total. The molecule has 6 heteroatoms. The van der Waals surface area contributed by atoms with Gasteiger partial charge in [0.05, 0.1) is 17.8 Å². The quantitative estimate of drug-likeness (QED) is 0.864. The minimum atomic E-state index is -0.802. The van der Waals surface area contributed by atoms with E-state index in [2.05, 4.69) is 26.2 Å². The van der Waals surface area contributed by atoms with Gasteiger partial charge in [-0.25, -0.2) is 4.98 Å². The van der Waals surface area contributed by atoms with Crippen LogP contribution in [-0.2, 0) is 11.2 Å². The normalized spacial score (nSPS) is 10.4. The lowest BCUT2D eigenvalue weighted by atomic mass is 10.2. The second-order valence-electron chi connectivity index (χ2n) is 4.15. The summed E-state index contributed by atoms with van der Waals surface area (Å²) in [5.74, 6) is -0.802. The molecule has 0 aliphatic carbocycles. The molecular weight excluding hydrogens is 328 g/mol. The number of hydrogen-bond acceptors (Lipinski definition) is 4. The fourth-order valence-electron chi connectivity index (χ4n) is 1.56. The van der Waals surface area contributed by atoms with Crippen molar-refractivity contribution in [3.05, 3.63) is 39.3 Å². The highest BCUT2D eigenvalue weighted by molar-refractivity contribution is 9.10. The van der Waals surface area contributed by atoms with E-state index in [4.69, 9.17) is 5.11 Å². The second-order valence-corrected chi connectivity index (χ2v) is 5.86. The molecule has 0 saturated heterocycles. The van der Waals surface area contributed by atoms with E-state index in [-0.39, 0.29) is 6.42 Å². The molecule has 2 N–H and O–H groups in total. The fraction of sp³-hybridized carbons (Fsp3) is 0.231. The first-order valence-corrected chi connectivity index (χ1v) is 7.41. The molecule has 0 aliphatic heterocycles. The van der Waals surface area contributed by atoms with Gasteiger partial charge in [0.15, 0.2) is 5.13 Å². The molecule has 1 aromatic heterocycles. The van der Waals surface area contributed by atoms with Gasteiger partial charge in [-0.2, -0.15) is 0 Å². The van der Waals surface area contributed by atoms with Crippen molar-refractivity contribution in [1.29, 1.82) is 0 Å². The highest BCUT2D eigenvalue weighted by atomic mass is 79.9.